The quantitative estimate of drug-likeness (QED) is 0.663. The van der Waals surface area contributed by atoms with Gasteiger partial charge in [-0.2, -0.15) is 0 Å². The van der Waals surface area contributed by atoms with E-state index in [4.69, 9.17) is 4.52 Å². The Bertz CT molecular complexity index is 915. The number of aryl methyl sites for hydroxylation is 1. The topological polar surface area (TPSA) is 108 Å². The van der Waals surface area contributed by atoms with Gasteiger partial charge in [-0.05, 0) is 30.7 Å². The van der Waals surface area contributed by atoms with Crippen LogP contribution in [0.15, 0.2) is 35.0 Å². The Morgan fingerprint density at radius 3 is 2.88 bits per heavy atom. The molecule has 0 aliphatic rings. The molecule has 2 heterocycles. The van der Waals surface area contributed by atoms with Gasteiger partial charge in [0.15, 0.2) is 0 Å². The van der Waals surface area contributed by atoms with Crippen molar-refractivity contribution in [3.8, 4) is 0 Å². The first kappa shape index (κ1) is 15.7. The van der Waals surface area contributed by atoms with Crippen molar-refractivity contribution in [1.29, 1.82) is 0 Å². The van der Waals surface area contributed by atoms with Gasteiger partial charge in [-0.3, -0.25) is 4.79 Å². The number of nitrogens with one attached hydrogen (secondary N) is 2. The molecule has 0 saturated heterocycles. The number of carbonyl (C=O) groups is 2. The molecule has 3 N–H and O–H groups in total. The lowest BCUT2D eigenvalue weighted by Gasteiger charge is -2.13. The molecule has 1 amide bonds. The summed E-state index contributed by atoms with van der Waals surface area (Å²) in [4.78, 5) is 26.4. The van der Waals surface area contributed by atoms with E-state index in [0.717, 1.165) is 0 Å². The van der Waals surface area contributed by atoms with Gasteiger partial charge in [0, 0.05) is 29.6 Å². The van der Waals surface area contributed by atoms with E-state index in [-0.39, 0.29) is 18.0 Å². The molecule has 8 heteroatoms. The second kappa shape index (κ2) is 6.15. The van der Waals surface area contributed by atoms with Gasteiger partial charge < -0.3 is 19.9 Å². The molecule has 0 radical (unpaired) electrons. The molecule has 0 spiro atoms. The lowest BCUT2D eigenvalue weighted by atomic mass is 10.0. The van der Waals surface area contributed by atoms with E-state index in [1.54, 1.807) is 19.2 Å². The van der Waals surface area contributed by atoms with Gasteiger partial charge >= 0.3 is 5.97 Å². The van der Waals surface area contributed by atoms with Crippen molar-refractivity contribution < 1.29 is 23.6 Å². The Morgan fingerprint density at radius 1 is 1.42 bits per heavy atom. The summed E-state index contributed by atoms with van der Waals surface area (Å²) in [5.41, 5.74) is 1.74. The highest BCUT2D eigenvalue weighted by Crippen LogP contribution is 2.20. The number of carbonyl (C=O) groups excluding carboxylic acids is 1. The summed E-state index contributed by atoms with van der Waals surface area (Å²) in [5.74, 6) is -2.29. The molecule has 124 valence electrons. The first-order valence-corrected chi connectivity index (χ1v) is 7.16. The van der Waals surface area contributed by atoms with Gasteiger partial charge in [0.2, 0.25) is 5.76 Å². The number of amides is 1. The molecule has 3 aromatic rings. The van der Waals surface area contributed by atoms with Crippen LogP contribution in [0.25, 0.3) is 10.9 Å². The Labute approximate surface area is 135 Å². The summed E-state index contributed by atoms with van der Waals surface area (Å²) >= 11 is 0. The SMILES string of the molecule is Cc1cc(C(=O)NC(Cc2c[nH]c3cc(F)ccc23)C(=O)O)on1. The summed E-state index contributed by atoms with van der Waals surface area (Å²) in [6.07, 6.45) is 1.64. The molecule has 3 rings (SSSR count). The predicted molar refractivity (Wildman–Crippen MR) is 82.1 cm³/mol. The van der Waals surface area contributed by atoms with E-state index in [0.29, 0.717) is 22.2 Å². The average molecular weight is 331 g/mol. The number of fused-ring (bicyclic) bond motifs is 1. The van der Waals surface area contributed by atoms with Crippen molar-refractivity contribution in [2.75, 3.05) is 0 Å². The minimum Gasteiger partial charge on any atom is -0.480 e. The van der Waals surface area contributed by atoms with Crippen LogP contribution < -0.4 is 5.32 Å². The Balaban J connectivity index is 1.80. The highest BCUT2D eigenvalue weighted by molar-refractivity contribution is 5.94. The van der Waals surface area contributed by atoms with Crippen molar-refractivity contribution in [3.05, 3.63) is 53.3 Å². The van der Waals surface area contributed by atoms with Gasteiger partial charge in [-0.1, -0.05) is 5.16 Å². The van der Waals surface area contributed by atoms with Gasteiger partial charge in [0.25, 0.3) is 5.91 Å². The molecule has 1 unspecified atom stereocenters. The number of carboxylic acid groups (broad SMARTS) is 1. The van der Waals surface area contributed by atoms with E-state index in [9.17, 15) is 19.1 Å². The van der Waals surface area contributed by atoms with E-state index in [1.165, 1.54) is 18.2 Å². The maximum absolute atomic E-state index is 13.2. The number of hydrogen-bond donors (Lipinski definition) is 3. The van der Waals surface area contributed by atoms with Crippen LogP contribution >= 0.6 is 0 Å². The summed E-state index contributed by atoms with van der Waals surface area (Å²) in [5, 5.41) is 16.1. The van der Waals surface area contributed by atoms with E-state index in [2.05, 4.69) is 15.5 Å². The van der Waals surface area contributed by atoms with E-state index in [1.807, 2.05) is 0 Å². The van der Waals surface area contributed by atoms with E-state index < -0.39 is 17.9 Å². The van der Waals surface area contributed by atoms with Crippen LogP contribution in [0.1, 0.15) is 21.8 Å². The van der Waals surface area contributed by atoms with Crippen molar-refractivity contribution in [3.63, 3.8) is 0 Å². The van der Waals surface area contributed by atoms with Crippen LogP contribution in [0.4, 0.5) is 4.39 Å². The van der Waals surface area contributed by atoms with Crippen LogP contribution in [0.5, 0.6) is 0 Å². The number of aromatic amines is 1. The summed E-state index contributed by atoms with van der Waals surface area (Å²) in [7, 11) is 0. The summed E-state index contributed by atoms with van der Waals surface area (Å²) in [6, 6.07) is 4.45. The average Bonchev–Trinajstić information content (AvgIpc) is 3.12. The molecule has 0 fully saturated rings. The minimum absolute atomic E-state index is 0.0415. The van der Waals surface area contributed by atoms with Gasteiger partial charge in [-0.25, -0.2) is 9.18 Å². The summed E-state index contributed by atoms with van der Waals surface area (Å²) in [6.45, 7) is 1.65. The summed E-state index contributed by atoms with van der Waals surface area (Å²) < 4.78 is 18.0. The Hall–Kier alpha value is -3.16. The number of aromatic nitrogens is 2. The fourth-order valence-electron chi connectivity index (χ4n) is 2.45. The second-order valence-corrected chi connectivity index (χ2v) is 5.40. The molecule has 0 bridgehead atoms. The van der Waals surface area contributed by atoms with Crippen molar-refractivity contribution in [2.45, 2.75) is 19.4 Å². The zero-order valence-corrected chi connectivity index (χ0v) is 12.7. The monoisotopic (exact) mass is 331 g/mol. The molecule has 1 aromatic carbocycles. The third-order valence-electron chi connectivity index (χ3n) is 3.61. The van der Waals surface area contributed by atoms with Gasteiger partial charge in [0.05, 0.1) is 5.69 Å². The van der Waals surface area contributed by atoms with Crippen LogP contribution in [0.3, 0.4) is 0 Å². The fraction of sp³-hybridized carbons (Fsp3) is 0.188. The number of nitrogens with zero attached hydrogens (tertiary/aromatic N) is 1. The molecule has 0 aliphatic carbocycles. The zero-order valence-electron chi connectivity index (χ0n) is 12.7. The maximum atomic E-state index is 13.2. The number of benzene rings is 1. The number of halogens is 1. The molecule has 1 atom stereocenters. The van der Waals surface area contributed by atoms with Crippen LogP contribution in [-0.2, 0) is 11.2 Å². The molecular formula is C16H14FN3O4. The molecule has 0 saturated carbocycles. The molecular weight excluding hydrogens is 317 g/mol. The largest absolute Gasteiger partial charge is 0.480 e. The molecule has 24 heavy (non-hydrogen) atoms. The number of H-pyrrole nitrogens is 1. The lowest BCUT2D eigenvalue weighted by Crippen LogP contribution is -2.42. The second-order valence-electron chi connectivity index (χ2n) is 5.40. The number of carboxylic acids is 1. The third-order valence-corrected chi connectivity index (χ3v) is 3.61. The Kier molecular flexibility index (Phi) is 4.03. The fourth-order valence-corrected chi connectivity index (χ4v) is 2.45. The lowest BCUT2D eigenvalue weighted by molar-refractivity contribution is -0.139. The van der Waals surface area contributed by atoms with Crippen LogP contribution in [0, 0.1) is 12.7 Å². The van der Waals surface area contributed by atoms with Gasteiger partial charge in [0.1, 0.15) is 11.9 Å². The van der Waals surface area contributed by atoms with E-state index >= 15 is 0 Å². The first-order valence-electron chi connectivity index (χ1n) is 7.16. The predicted octanol–water partition coefficient (Wildman–Crippen LogP) is 2.03. The molecule has 0 aliphatic heterocycles. The highest BCUT2D eigenvalue weighted by Gasteiger charge is 2.24. The number of aliphatic carboxylic acids is 1. The normalized spacial score (nSPS) is 12.2. The van der Waals surface area contributed by atoms with Gasteiger partial charge in [-0.15, -0.1) is 0 Å². The smallest absolute Gasteiger partial charge is 0.326 e. The zero-order chi connectivity index (χ0) is 17.3. The van der Waals surface area contributed by atoms with Crippen LogP contribution in [-0.4, -0.2) is 33.2 Å². The number of hydrogen-bond acceptors (Lipinski definition) is 4. The third kappa shape index (κ3) is 3.12. The Morgan fingerprint density at radius 2 is 2.21 bits per heavy atom. The highest BCUT2D eigenvalue weighted by atomic mass is 19.1. The van der Waals surface area contributed by atoms with Crippen molar-refractivity contribution in [1.82, 2.24) is 15.5 Å². The molecule has 2 aromatic heterocycles. The van der Waals surface area contributed by atoms with Crippen molar-refractivity contribution >= 4 is 22.8 Å². The maximum Gasteiger partial charge on any atom is 0.326 e. The number of rotatable bonds is 5. The minimum atomic E-state index is -1.18. The van der Waals surface area contributed by atoms with Crippen LogP contribution in [0.2, 0.25) is 0 Å². The molecule has 7 nitrogen and oxygen atoms in total. The first-order chi connectivity index (χ1) is 11.4. The van der Waals surface area contributed by atoms with Crippen molar-refractivity contribution in [2.24, 2.45) is 0 Å². The standard InChI is InChI=1S/C16H14FN3O4/c1-8-4-14(24-20-8)15(21)19-13(16(22)23)5-9-7-18-12-6-10(17)2-3-11(9)12/h2-4,6-7,13,18H,5H2,1H3,(H,19,21)(H,22,23).